The van der Waals surface area contributed by atoms with Gasteiger partial charge in [-0.2, -0.15) is 13.8 Å². The number of carbonyl (C=O) groups is 1. The Labute approximate surface area is 186 Å². The number of sulfone groups is 1. The van der Waals surface area contributed by atoms with E-state index in [1.807, 2.05) is 0 Å². The van der Waals surface area contributed by atoms with Crippen LogP contribution < -0.4 is 10.2 Å². The van der Waals surface area contributed by atoms with Crippen molar-refractivity contribution in [3.8, 4) is 0 Å². The molecule has 2 aliphatic rings. The van der Waals surface area contributed by atoms with Crippen LogP contribution >= 0.6 is 0 Å². The minimum absolute atomic E-state index is 0.0751. The van der Waals surface area contributed by atoms with Gasteiger partial charge < -0.3 is 19.6 Å². The fraction of sp³-hybridized carbons (Fsp3) is 0.526. The van der Waals surface area contributed by atoms with Crippen LogP contribution in [0.25, 0.3) is 0 Å². The fourth-order valence-corrected chi connectivity index (χ4v) is 4.86. The zero-order valence-electron chi connectivity index (χ0n) is 17.5. The molecule has 33 heavy (non-hydrogen) atoms. The molecule has 0 saturated carbocycles. The summed E-state index contributed by atoms with van der Waals surface area (Å²) in [5, 5.41) is 6.24. The van der Waals surface area contributed by atoms with Gasteiger partial charge in [0.25, 0.3) is 11.8 Å². The number of halogens is 4. The van der Waals surface area contributed by atoms with E-state index in [9.17, 15) is 30.8 Å². The number of likely N-dealkylation sites (tertiary alicyclic amines) is 1. The molecule has 1 unspecified atom stereocenters. The minimum Gasteiger partial charge on any atom is -0.371 e. The molecular formula is C19H21F4N5O4S. The molecule has 1 amide bonds. The lowest BCUT2D eigenvalue weighted by Crippen LogP contribution is -2.47. The van der Waals surface area contributed by atoms with Gasteiger partial charge in [-0.05, 0) is 30.5 Å². The van der Waals surface area contributed by atoms with Gasteiger partial charge in [0.05, 0.1) is 5.69 Å². The molecule has 1 N–H and O–H groups in total. The molecule has 1 aromatic heterocycles. The molecule has 0 aliphatic carbocycles. The lowest BCUT2D eigenvalue weighted by molar-refractivity contribution is -0.130. The van der Waals surface area contributed by atoms with Crippen molar-refractivity contribution in [1.82, 2.24) is 15.0 Å². The van der Waals surface area contributed by atoms with Crippen molar-refractivity contribution in [1.29, 1.82) is 0 Å². The van der Waals surface area contributed by atoms with Crippen molar-refractivity contribution in [2.75, 3.05) is 36.1 Å². The average Bonchev–Trinajstić information content (AvgIpc) is 3.38. The maximum Gasteiger partial charge on any atom is 0.316 e. The highest BCUT2D eigenvalue weighted by Gasteiger charge is 2.38. The van der Waals surface area contributed by atoms with Crippen LogP contribution in [-0.2, 0) is 14.6 Å². The van der Waals surface area contributed by atoms with E-state index in [0.29, 0.717) is 45.0 Å². The van der Waals surface area contributed by atoms with Gasteiger partial charge in [0.15, 0.2) is 9.84 Å². The summed E-state index contributed by atoms with van der Waals surface area (Å²) in [6.45, 7) is 1.27. The van der Waals surface area contributed by atoms with Crippen LogP contribution in [0.15, 0.2) is 21.6 Å². The van der Waals surface area contributed by atoms with Crippen molar-refractivity contribution in [2.45, 2.75) is 42.7 Å². The van der Waals surface area contributed by atoms with Gasteiger partial charge in [-0.3, -0.25) is 4.79 Å². The molecule has 2 saturated heterocycles. The summed E-state index contributed by atoms with van der Waals surface area (Å²) in [7, 11) is -3.94. The Hall–Kier alpha value is -2.90. The number of piperidine rings is 1. The van der Waals surface area contributed by atoms with E-state index >= 15 is 0 Å². The number of aromatic nitrogens is 2. The van der Waals surface area contributed by atoms with Crippen LogP contribution in [0, 0.1) is 11.6 Å². The van der Waals surface area contributed by atoms with E-state index < -0.39 is 44.7 Å². The highest BCUT2D eigenvalue weighted by atomic mass is 32.2. The Balaban J connectivity index is 1.37. The third-order valence-corrected chi connectivity index (χ3v) is 6.91. The lowest BCUT2D eigenvalue weighted by atomic mass is 10.0. The average molecular weight is 491 g/mol. The number of hydrogen-bond donors (Lipinski definition) is 1. The van der Waals surface area contributed by atoms with E-state index in [-0.39, 0.29) is 23.6 Å². The van der Waals surface area contributed by atoms with Crippen molar-refractivity contribution in [3.63, 3.8) is 0 Å². The number of benzene rings is 1. The largest absolute Gasteiger partial charge is 0.371 e. The normalized spacial score (nSPS) is 20.2. The van der Waals surface area contributed by atoms with Crippen LogP contribution in [0.2, 0.25) is 0 Å². The lowest BCUT2D eigenvalue weighted by Gasteiger charge is -2.36. The summed E-state index contributed by atoms with van der Waals surface area (Å²) in [5.41, 5.74) is -0.290. The molecule has 3 heterocycles. The summed E-state index contributed by atoms with van der Waals surface area (Å²) in [5.74, 6) is -3.03. The zero-order valence-corrected chi connectivity index (χ0v) is 18.3. The molecule has 9 nitrogen and oxygen atoms in total. The van der Waals surface area contributed by atoms with Crippen molar-refractivity contribution in [2.24, 2.45) is 0 Å². The molecule has 1 aromatic carbocycles. The van der Waals surface area contributed by atoms with Crippen LogP contribution in [0.3, 0.4) is 0 Å². The van der Waals surface area contributed by atoms with Gasteiger partial charge in [-0.25, -0.2) is 17.2 Å². The highest BCUT2D eigenvalue weighted by Crippen LogP contribution is 2.29. The van der Waals surface area contributed by atoms with Crippen LogP contribution in [0.4, 0.5) is 29.2 Å². The van der Waals surface area contributed by atoms with Gasteiger partial charge in [0.2, 0.25) is 5.91 Å². The molecule has 1 atom stereocenters. The van der Waals surface area contributed by atoms with Gasteiger partial charge >= 0.3 is 6.43 Å². The molecule has 0 radical (unpaired) electrons. The molecule has 4 rings (SSSR count). The SMILES string of the molecule is CS(=O)(=O)c1cc(F)c(NC2CCN(C3CCN(c4noc(C(F)F)n4)CC3)C2=O)cc1F. The maximum absolute atomic E-state index is 14.4. The van der Waals surface area contributed by atoms with Crippen molar-refractivity contribution < 1.29 is 35.3 Å². The first kappa shape index (κ1) is 23.3. The third-order valence-electron chi connectivity index (χ3n) is 5.80. The topological polar surface area (TPSA) is 109 Å². The summed E-state index contributed by atoms with van der Waals surface area (Å²) in [6.07, 6.45) is -0.628. The molecule has 14 heteroatoms. The Bertz CT molecular complexity index is 1150. The molecule has 180 valence electrons. The first-order valence-electron chi connectivity index (χ1n) is 10.2. The van der Waals surface area contributed by atoms with E-state index in [4.69, 9.17) is 0 Å². The number of nitrogens with zero attached hydrogens (tertiary/aromatic N) is 4. The molecule has 0 spiro atoms. The number of rotatable bonds is 6. The molecule has 0 bridgehead atoms. The molecule has 2 aromatic rings. The van der Waals surface area contributed by atoms with E-state index in [0.717, 1.165) is 12.3 Å². The summed E-state index contributed by atoms with van der Waals surface area (Å²) in [6, 6.07) is 0.429. The van der Waals surface area contributed by atoms with Gasteiger partial charge in [-0.15, -0.1) is 0 Å². The van der Waals surface area contributed by atoms with E-state index in [2.05, 4.69) is 20.0 Å². The van der Waals surface area contributed by atoms with Gasteiger partial charge in [0, 0.05) is 38.0 Å². The quantitative estimate of drug-likeness (QED) is 0.614. The first-order valence-corrected chi connectivity index (χ1v) is 12.1. The zero-order chi connectivity index (χ0) is 23.9. The number of nitrogens with one attached hydrogen (secondary N) is 1. The van der Waals surface area contributed by atoms with E-state index in [1.165, 1.54) is 0 Å². The number of hydrogen-bond acceptors (Lipinski definition) is 8. The standard InChI is InChI=1S/C19H21F4N5O4S/c1-33(30,31)15-9-11(20)14(8-12(15)21)24-13-4-7-28(18(13)29)10-2-5-27(6-3-10)19-25-17(16(22)23)32-26-19/h8-10,13,16,24H,2-7H2,1H3. The van der Waals surface area contributed by atoms with E-state index in [1.54, 1.807) is 9.80 Å². The Morgan fingerprint density at radius 2 is 1.82 bits per heavy atom. The second-order valence-corrected chi connectivity index (χ2v) is 9.99. The predicted molar refractivity (Wildman–Crippen MR) is 108 cm³/mol. The van der Waals surface area contributed by atoms with Gasteiger partial charge in [0.1, 0.15) is 22.6 Å². The molecular weight excluding hydrogens is 470 g/mol. The number of anilines is 2. The number of carbonyl (C=O) groups excluding carboxylic acids is 1. The number of amides is 1. The molecule has 2 fully saturated rings. The van der Waals surface area contributed by atoms with Crippen LogP contribution in [-0.4, -0.2) is 67.3 Å². The second kappa shape index (κ2) is 8.80. The van der Waals surface area contributed by atoms with Crippen LogP contribution in [0.1, 0.15) is 31.6 Å². The summed E-state index contributed by atoms with van der Waals surface area (Å²) < 4.78 is 81.4. The summed E-state index contributed by atoms with van der Waals surface area (Å²) in [4.78, 5) is 19.2. The van der Waals surface area contributed by atoms with Crippen molar-refractivity contribution >= 4 is 27.4 Å². The Morgan fingerprint density at radius 1 is 1.12 bits per heavy atom. The Kier molecular flexibility index (Phi) is 6.20. The van der Waals surface area contributed by atoms with Gasteiger partial charge in [-0.1, -0.05) is 0 Å². The maximum atomic E-state index is 14.4. The molecule has 2 aliphatic heterocycles. The first-order chi connectivity index (χ1) is 15.5. The monoisotopic (exact) mass is 491 g/mol. The highest BCUT2D eigenvalue weighted by molar-refractivity contribution is 7.90. The smallest absolute Gasteiger partial charge is 0.316 e. The van der Waals surface area contributed by atoms with Crippen molar-refractivity contribution in [3.05, 3.63) is 29.7 Å². The third kappa shape index (κ3) is 4.75. The predicted octanol–water partition coefficient (Wildman–Crippen LogP) is 2.37. The fourth-order valence-electron chi connectivity index (χ4n) is 4.13. The van der Waals surface area contributed by atoms with Crippen LogP contribution in [0.5, 0.6) is 0 Å². The second-order valence-electron chi connectivity index (χ2n) is 8.00. The summed E-state index contributed by atoms with van der Waals surface area (Å²) >= 11 is 0. The minimum atomic E-state index is -3.94. The number of alkyl halides is 2. The Morgan fingerprint density at radius 3 is 2.42 bits per heavy atom.